The lowest BCUT2D eigenvalue weighted by Crippen LogP contribution is -2.50. The molecule has 1 atom stereocenters. The number of nitrogens with zero attached hydrogens (tertiary/aromatic N) is 1. The lowest BCUT2D eigenvalue weighted by atomic mass is 9.70. The van der Waals surface area contributed by atoms with E-state index >= 15 is 0 Å². The summed E-state index contributed by atoms with van der Waals surface area (Å²) in [6.45, 7) is 0. The first-order valence-corrected chi connectivity index (χ1v) is 13.0. The quantitative estimate of drug-likeness (QED) is 0.593. The zero-order chi connectivity index (χ0) is 19.5. The van der Waals surface area contributed by atoms with Crippen molar-refractivity contribution in [3.8, 4) is 0 Å². The highest BCUT2D eigenvalue weighted by Crippen LogP contribution is 2.59. The normalized spacial score (nSPS) is 23.8. The molecule has 2 aromatic rings. The van der Waals surface area contributed by atoms with Crippen molar-refractivity contribution in [3.63, 3.8) is 0 Å². The minimum atomic E-state index is -3.77. The van der Waals surface area contributed by atoms with Gasteiger partial charge in [-0.2, -0.15) is 11.8 Å². The molecule has 5 rings (SSSR count). The van der Waals surface area contributed by atoms with Crippen LogP contribution in [-0.2, 0) is 15.4 Å². The van der Waals surface area contributed by atoms with Crippen molar-refractivity contribution in [1.29, 1.82) is 0 Å². The topological polar surface area (TPSA) is 37.4 Å². The highest BCUT2D eigenvalue weighted by atomic mass is 79.9. The van der Waals surface area contributed by atoms with Gasteiger partial charge in [-0.1, -0.05) is 15.9 Å². The van der Waals surface area contributed by atoms with E-state index in [1.165, 1.54) is 24.3 Å². The zero-order valence-corrected chi connectivity index (χ0v) is 18.5. The Morgan fingerprint density at radius 1 is 1.07 bits per heavy atom. The second-order valence-electron chi connectivity index (χ2n) is 7.97. The van der Waals surface area contributed by atoms with Gasteiger partial charge in [-0.05, 0) is 91.1 Å². The maximum Gasteiger partial charge on any atom is 0.264 e. The number of benzene rings is 2. The van der Waals surface area contributed by atoms with Crippen molar-refractivity contribution in [1.82, 2.24) is 0 Å². The Hall–Kier alpha value is -1.05. The molecule has 2 aromatic carbocycles. The minimum absolute atomic E-state index is 0.0484. The van der Waals surface area contributed by atoms with E-state index in [1.807, 2.05) is 23.9 Å². The van der Waals surface area contributed by atoms with Crippen molar-refractivity contribution in [2.24, 2.45) is 5.92 Å². The van der Waals surface area contributed by atoms with Gasteiger partial charge in [0.15, 0.2) is 0 Å². The molecule has 1 saturated heterocycles. The molecule has 1 saturated carbocycles. The van der Waals surface area contributed by atoms with Gasteiger partial charge in [0.05, 0.1) is 16.6 Å². The third kappa shape index (κ3) is 2.84. The van der Waals surface area contributed by atoms with E-state index < -0.39 is 15.8 Å². The molecular weight excluding hydrogens is 461 g/mol. The van der Waals surface area contributed by atoms with Crippen LogP contribution in [0.4, 0.5) is 10.1 Å². The number of rotatable bonds is 3. The first-order valence-electron chi connectivity index (χ1n) is 9.61. The molecular formula is C21H21BrFNO2S2. The average Bonchev–Trinajstić information content (AvgIpc) is 3.48. The van der Waals surface area contributed by atoms with Crippen molar-refractivity contribution < 1.29 is 12.8 Å². The van der Waals surface area contributed by atoms with Gasteiger partial charge in [0.25, 0.3) is 10.0 Å². The van der Waals surface area contributed by atoms with E-state index in [4.69, 9.17) is 0 Å². The Labute approximate surface area is 177 Å². The molecule has 2 aliphatic heterocycles. The van der Waals surface area contributed by atoms with Gasteiger partial charge in [-0.3, -0.25) is 4.31 Å². The van der Waals surface area contributed by atoms with E-state index in [-0.39, 0.29) is 16.4 Å². The molecule has 0 amide bonds. The summed E-state index contributed by atoms with van der Waals surface area (Å²) in [6.07, 6.45) is 4.14. The van der Waals surface area contributed by atoms with Crippen LogP contribution < -0.4 is 4.31 Å². The lowest BCUT2D eigenvalue weighted by Gasteiger charge is -2.41. The van der Waals surface area contributed by atoms with Gasteiger partial charge >= 0.3 is 0 Å². The van der Waals surface area contributed by atoms with Crippen LogP contribution in [0.5, 0.6) is 0 Å². The number of sulfonamides is 1. The second-order valence-corrected chi connectivity index (χ2v) is 11.9. The summed E-state index contributed by atoms with van der Waals surface area (Å²) < 4.78 is 43.6. The largest absolute Gasteiger partial charge is 0.264 e. The van der Waals surface area contributed by atoms with Crippen LogP contribution in [0, 0.1) is 11.7 Å². The number of hydrogen-bond donors (Lipinski definition) is 0. The Morgan fingerprint density at radius 3 is 2.39 bits per heavy atom. The van der Waals surface area contributed by atoms with Crippen LogP contribution in [0.15, 0.2) is 51.8 Å². The molecule has 0 unspecified atom stereocenters. The smallest absolute Gasteiger partial charge is 0.262 e. The van der Waals surface area contributed by atoms with E-state index in [0.29, 0.717) is 5.92 Å². The Morgan fingerprint density at radius 2 is 1.75 bits per heavy atom. The molecule has 7 heteroatoms. The molecule has 0 bridgehead atoms. The van der Waals surface area contributed by atoms with Crippen LogP contribution in [0.3, 0.4) is 0 Å². The van der Waals surface area contributed by atoms with Crippen LogP contribution in [0.2, 0.25) is 0 Å². The zero-order valence-electron chi connectivity index (χ0n) is 15.3. The molecule has 3 aliphatic rings. The molecule has 0 radical (unpaired) electrons. The number of anilines is 1. The maximum atomic E-state index is 13.7. The van der Waals surface area contributed by atoms with Crippen molar-refractivity contribution in [2.75, 3.05) is 15.8 Å². The summed E-state index contributed by atoms with van der Waals surface area (Å²) in [7, 11) is -3.77. The number of thioether (sulfide) groups is 1. The summed E-state index contributed by atoms with van der Waals surface area (Å²) in [5.74, 6) is 2.08. The van der Waals surface area contributed by atoms with Gasteiger partial charge in [0.2, 0.25) is 0 Å². The van der Waals surface area contributed by atoms with Crippen molar-refractivity contribution in [3.05, 3.63) is 58.3 Å². The first-order chi connectivity index (χ1) is 13.4. The second kappa shape index (κ2) is 6.74. The molecule has 0 aromatic heterocycles. The highest BCUT2D eigenvalue weighted by molar-refractivity contribution is 9.10. The monoisotopic (exact) mass is 481 g/mol. The van der Waals surface area contributed by atoms with Gasteiger partial charge in [-0.25, -0.2) is 12.8 Å². The molecule has 28 heavy (non-hydrogen) atoms. The number of halogens is 2. The molecule has 1 aliphatic carbocycles. The fourth-order valence-electron chi connectivity index (χ4n) is 4.99. The summed E-state index contributed by atoms with van der Waals surface area (Å²) in [4.78, 5) is 0.163. The first kappa shape index (κ1) is 18.9. The lowest BCUT2D eigenvalue weighted by molar-refractivity contribution is 0.315. The van der Waals surface area contributed by atoms with Crippen LogP contribution >= 0.6 is 27.7 Å². The molecule has 1 spiro atoms. The van der Waals surface area contributed by atoms with Gasteiger partial charge in [0, 0.05) is 9.89 Å². The summed E-state index contributed by atoms with van der Waals surface area (Å²) in [5.41, 5.74) is 1.83. The number of fused-ring (bicyclic) bond motifs is 2. The minimum Gasteiger partial charge on any atom is -0.262 e. The Balaban J connectivity index is 1.72. The van der Waals surface area contributed by atoms with Crippen LogP contribution in [0.25, 0.3) is 0 Å². The van der Waals surface area contributed by atoms with E-state index in [9.17, 15) is 12.8 Å². The molecule has 0 N–H and O–H groups in total. The summed E-state index contributed by atoms with van der Waals surface area (Å²) in [5, 5.41) is 0. The van der Waals surface area contributed by atoms with Crippen LogP contribution in [-0.4, -0.2) is 26.0 Å². The Kier molecular flexibility index (Phi) is 4.56. The van der Waals surface area contributed by atoms with E-state index in [0.717, 1.165) is 52.9 Å². The van der Waals surface area contributed by atoms with Gasteiger partial charge in [0.1, 0.15) is 5.82 Å². The summed E-state index contributed by atoms with van der Waals surface area (Å²) in [6, 6.07) is 11.2. The average molecular weight is 482 g/mol. The van der Waals surface area contributed by atoms with Crippen molar-refractivity contribution >= 4 is 43.4 Å². The molecule has 2 heterocycles. The van der Waals surface area contributed by atoms with E-state index in [1.54, 1.807) is 4.31 Å². The van der Waals surface area contributed by atoms with Crippen LogP contribution in [0.1, 0.15) is 31.2 Å². The maximum absolute atomic E-state index is 13.7. The van der Waals surface area contributed by atoms with Gasteiger partial charge < -0.3 is 0 Å². The Bertz CT molecular complexity index is 1020. The standard InChI is InChI=1S/C21H21BrFNO2S2/c22-15-3-8-19-18(13-15)21(9-11-27-12-10-21)20(14-1-2-14)24(19)28(25,26)17-6-4-16(23)5-7-17/h3-8,13-14,20H,1-2,9-12H2/t20-/m0/s1. The third-order valence-electron chi connectivity index (χ3n) is 6.38. The predicted octanol–water partition coefficient (Wildman–Crippen LogP) is 5.34. The van der Waals surface area contributed by atoms with Gasteiger partial charge in [-0.15, -0.1) is 0 Å². The summed E-state index contributed by atoms with van der Waals surface area (Å²) >= 11 is 5.55. The SMILES string of the molecule is O=S(=O)(c1ccc(F)cc1)N1c2ccc(Br)cc2C2(CCSCC2)[C@@H]1C1CC1. The third-order valence-corrected chi connectivity index (χ3v) is 9.66. The fraction of sp³-hybridized carbons (Fsp3) is 0.429. The van der Waals surface area contributed by atoms with Crippen molar-refractivity contribution in [2.45, 2.75) is 42.0 Å². The molecule has 2 fully saturated rings. The number of hydrogen-bond acceptors (Lipinski definition) is 3. The van der Waals surface area contributed by atoms with E-state index in [2.05, 4.69) is 22.0 Å². The highest BCUT2D eigenvalue weighted by Gasteiger charge is 2.59. The fourth-order valence-corrected chi connectivity index (χ4v) is 8.37. The predicted molar refractivity (Wildman–Crippen MR) is 115 cm³/mol. The molecule has 3 nitrogen and oxygen atoms in total. The molecule has 148 valence electrons.